The SMILES string of the molecule is CC(=O)c1ccc(C(C)C)cc1.CCCCCN1CCOCC1. The first-order valence-electron chi connectivity index (χ1n) is 8.95. The van der Waals surface area contributed by atoms with Gasteiger partial charge in [-0.15, -0.1) is 0 Å². The van der Waals surface area contributed by atoms with Gasteiger partial charge in [-0.05, 0) is 31.4 Å². The van der Waals surface area contributed by atoms with Crippen molar-refractivity contribution in [3.63, 3.8) is 0 Å². The van der Waals surface area contributed by atoms with Crippen molar-refractivity contribution < 1.29 is 9.53 Å². The smallest absolute Gasteiger partial charge is 0.159 e. The molecule has 0 unspecified atom stereocenters. The molecular weight excluding hydrogens is 286 g/mol. The van der Waals surface area contributed by atoms with Gasteiger partial charge in [0.1, 0.15) is 0 Å². The van der Waals surface area contributed by atoms with Gasteiger partial charge in [-0.25, -0.2) is 0 Å². The number of Topliss-reactive ketones (excluding diaryl/α,β-unsaturated/α-hetero) is 1. The molecule has 0 atom stereocenters. The summed E-state index contributed by atoms with van der Waals surface area (Å²) in [6.45, 7) is 13.6. The molecule has 0 amide bonds. The van der Waals surface area contributed by atoms with Crippen LogP contribution < -0.4 is 0 Å². The average Bonchev–Trinajstić information content (AvgIpc) is 2.57. The number of ether oxygens (including phenoxy) is 1. The number of carbonyl (C=O) groups excluding carboxylic acids is 1. The van der Waals surface area contributed by atoms with Crippen LogP contribution >= 0.6 is 0 Å². The maximum Gasteiger partial charge on any atom is 0.159 e. The van der Waals surface area contributed by atoms with Gasteiger partial charge in [0.2, 0.25) is 0 Å². The fourth-order valence-electron chi connectivity index (χ4n) is 2.51. The zero-order valence-electron chi connectivity index (χ0n) is 15.3. The predicted molar refractivity (Wildman–Crippen MR) is 97.3 cm³/mol. The zero-order valence-corrected chi connectivity index (χ0v) is 15.3. The molecule has 130 valence electrons. The molecule has 1 heterocycles. The van der Waals surface area contributed by atoms with E-state index in [9.17, 15) is 4.79 Å². The van der Waals surface area contributed by atoms with Crippen LogP contribution in [0.4, 0.5) is 0 Å². The van der Waals surface area contributed by atoms with Crippen molar-refractivity contribution in [2.75, 3.05) is 32.8 Å². The molecule has 0 N–H and O–H groups in total. The largest absolute Gasteiger partial charge is 0.379 e. The molecule has 1 aromatic carbocycles. The Balaban J connectivity index is 0.000000231. The first-order chi connectivity index (χ1) is 11.0. The third-order valence-corrected chi connectivity index (χ3v) is 4.17. The minimum Gasteiger partial charge on any atom is -0.379 e. The summed E-state index contributed by atoms with van der Waals surface area (Å²) in [6.07, 6.45) is 4.05. The van der Waals surface area contributed by atoms with Crippen molar-refractivity contribution in [1.82, 2.24) is 4.90 Å². The maximum atomic E-state index is 10.9. The molecule has 1 aliphatic heterocycles. The Bertz CT molecular complexity index is 433. The van der Waals surface area contributed by atoms with Gasteiger partial charge in [0.15, 0.2) is 5.78 Å². The van der Waals surface area contributed by atoms with Crippen molar-refractivity contribution >= 4 is 5.78 Å². The van der Waals surface area contributed by atoms with Crippen LogP contribution in [0, 0.1) is 0 Å². The van der Waals surface area contributed by atoms with E-state index >= 15 is 0 Å². The van der Waals surface area contributed by atoms with Crippen LogP contribution in [0.25, 0.3) is 0 Å². The molecule has 1 fully saturated rings. The first kappa shape index (κ1) is 19.9. The number of hydrogen-bond acceptors (Lipinski definition) is 3. The molecule has 0 bridgehead atoms. The van der Waals surface area contributed by atoms with Crippen molar-refractivity contribution in [2.45, 2.75) is 52.9 Å². The van der Waals surface area contributed by atoms with E-state index in [0.717, 1.165) is 31.9 Å². The van der Waals surface area contributed by atoms with Crippen molar-refractivity contribution in [1.29, 1.82) is 0 Å². The zero-order chi connectivity index (χ0) is 17.1. The lowest BCUT2D eigenvalue weighted by molar-refractivity contribution is 0.0372. The first-order valence-corrected chi connectivity index (χ1v) is 8.95. The van der Waals surface area contributed by atoms with Gasteiger partial charge in [-0.3, -0.25) is 9.69 Å². The van der Waals surface area contributed by atoms with Crippen molar-refractivity contribution in [3.05, 3.63) is 35.4 Å². The van der Waals surface area contributed by atoms with Gasteiger partial charge in [0.05, 0.1) is 13.2 Å². The van der Waals surface area contributed by atoms with E-state index in [-0.39, 0.29) is 5.78 Å². The fraction of sp³-hybridized carbons (Fsp3) is 0.650. The van der Waals surface area contributed by atoms with E-state index in [1.54, 1.807) is 6.92 Å². The molecule has 3 heteroatoms. The van der Waals surface area contributed by atoms with Gasteiger partial charge >= 0.3 is 0 Å². The molecule has 23 heavy (non-hydrogen) atoms. The van der Waals surface area contributed by atoms with E-state index in [0.29, 0.717) is 5.92 Å². The summed E-state index contributed by atoms with van der Waals surface area (Å²) in [5.41, 5.74) is 2.07. The van der Waals surface area contributed by atoms with Crippen LogP contribution in [0.5, 0.6) is 0 Å². The Kier molecular flexibility index (Phi) is 9.81. The molecule has 0 radical (unpaired) electrons. The number of rotatable bonds is 6. The van der Waals surface area contributed by atoms with Gasteiger partial charge in [-0.2, -0.15) is 0 Å². The summed E-state index contributed by atoms with van der Waals surface area (Å²) >= 11 is 0. The second-order valence-corrected chi connectivity index (χ2v) is 6.49. The highest BCUT2D eigenvalue weighted by molar-refractivity contribution is 5.94. The Morgan fingerprint density at radius 2 is 1.74 bits per heavy atom. The number of benzene rings is 1. The third kappa shape index (κ3) is 8.29. The van der Waals surface area contributed by atoms with Gasteiger partial charge in [0, 0.05) is 18.7 Å². The van der Waals surface area contributed by atoms with E-state index < -0.39 is 0 Å². The molecular formula is C20H33NO2. The van der Waals surface area contributed by atoms with E-state index in [1.807, 2.05) is 24.3 Å². The van der Waals surface area contributed by atoms with Crippen LogP contribution in [-0.2, 0) is 4.74 Å². The summed E-state index contributed by atoms with van der Waals surface area (Å²) in [6, 6.07) is 7.80. The van der Waals surface area contributed by atoms with Crippen LogP contribution in [0.2, 0.25) is 0 Å². The van der Waals surface area contributed by atoms with Crippen LogP contribution in [0.1, 0.15) is 68.8 Å². The van der Waals surface area contributed by atoms with Crippen LogP contribution in [0.15, 0.2) is 24.3 Å². The highest BCUT2D eigenvalue weighted by Crippen LogP contribution is 2.14. The normalized spacial score (nSPS) is 15.2. The summed E-state index contributed by atoms with van der Waals surface area (Å²) in [5.74, 6) is 0.663. The average molecular weight is 319 g/mol. The molecule has 0 saturated carbocycles. The number of hydrogen-bond donors (Lipinski definition) is 0. The second-order valence-electron chi connectivity index (χ2n) is 6.49. The molecule has 2 rings (SSSR count). The maximum absolute atomic E-state index is 10.9. The van der Waals surface area contributed by atoms with Crippen LogP contribution in [-0.4, -0.2) is 43.5 Å². The topological polar surface area (TPSA) is 29.5 Å². The quantitative estimate of drug-likeness (QED) is 0.570. The Hall–Kier alpha value is -1.19. The molecule has 1 aromatic rings. The Labute approximate surface area is 142 Å². The van der Waals surface area contributed by atoms with Gasteiger partial charge in [-0.1, -0.05) is 57.9 Å². The molecule has 0 aromatic heterocycles. The van der Waals surface area contributed by atoms with E-state index in [4.69, 9.17) is 4.74 Å². The Morgan fingerprint density at radius 3 is 2.22 bits per heavy atom. The van der Waals surface area contributed by atoms with Crippen LogP contribution in [0.3, 0.4) is 0 Å². The van der Waals surface area contributed by atoms with Gasteiger partial charge in [0.25, 0.3) is 0 Å². The molecule has 1 saturated heterocycles. The second kappa shape index (κ2) is 11.4. The molecule has 0 spiro atoms. The van der Waals surface area contributed by atoms with Crippen molar-refractivity contribution in [3.8, 4) is 0 Å². The lowest BCUT2D eigenvalue weighted by Gasteiger charge is -2.26. The molecule has 0 aliphatic carbocycles. The summed E-state index contributed by atoms with van der Waals surface area (Å²) in [4.78, 5) is 13.4. The Morgan fingerprint density at radius 1 is 1.13 bits per heavy atom. The third-order valence-electron chi connectivity index (χ3n) is 4.17. The summed E-state index contributed by atoms with van der Waals surface area (Å²) in [5, 5.41) is 0. The number of nitrogens with zero attached hydrogens (tertiary/aromatic N) is 1. The number of ketones is 1. The minimum atomic E-state index is 0.130. The monoisotopic (exact) mass is 319 g/mol. The molecule has 1 aliphatic rings. The lowest BCUT2D eigenvalue weighted by Crippen LogP contribution is -2.36. The highest BCUT2D eigenvalue weighted by Gasteiger charge is 2.08. The fourth-order valence-corrected chi connectivity index (χ4v) is 2.51. The van der Waals surface area contributed by atoms with Gasteiger partial charge < -0.3 is 4.74 Å². The summed E-state index contributed by atoms with van der Waals surface area (Å²) in [7, 11) is 0. The predicted octanol–water partition coefficient (Wildman–Crippen LogP) is 4.52. The lowest BCUT2D eigenvalue weighted by atomic mass is 10.0. The highest BCUT2D eigenvalue weighted by atomic mass is 16.5. The number of unbranched alkanes of at least 4 members (excludes halogenated alkanes) is 2. The van der Waals surface area contributed by atoms with E-state index in [2.05, 4.69) is 25.7 Å². The molecule has 3 nitrogen and oxygen atoms in total. The standard InChI is InChI=1S/C11H14O.C9H19NO/c1-8(2)10-4-6-11(7-5-10)9(3)12;1-2-3-4-5-10-6-8-11-9-7-10/h4-8H,1-3H3;2-9H2,1H3. The summed E-state index contributed by atoms with van der Waals surface area (Å²) < 4.78 is 5.26. The minimum absolute atomic E-state index is 0.130. The van der Waals surface area contributed by atoms with E-state index in [1.165, 1.54) is 31.4 Å². The number of carbonyl (C=O) groups is 1. The number of morpholine rings is 1. The van der Waals surface area contributed by atoms with Crippen molar-refractivity contribution in [2.24, 2.45) is 0 Å².